The second-order valence-corrected chi connectivity index (χ2v) is 7.13. The number of nitrogens with zero attached hydrogens (tertiary/aromatic N) is 3. The average molecular weight is 426 g/mol. The van der Waals surface area contributed by atoms with Crippen LogP contribution in [0.15, 0.2) is 44.7 Å². The molecule has 0 aliphatic carbocycles. The molecule has 7 nitrogen and oxygen atoms in total. The summed E-state index contributed by atoms with van der Waals surface area (Å²) >= 11 is 11.9. The van der Waals surface area contributed by atoms with E-state index in [-0.39, 0.29) is 0 Å². The number of hydrogen-bond donors (Lipinski definition) is 0. The first-order valence-electron chi connectivity index (χ1n) is 8.53. The Bertz CT molecular complexity index is 949. The summed E-state index contributed by atoms with van der Waals surface area (Å²) in [5.41, 5.74) is -0.336. The molecule has 2 rings (SSSR count). The highest BCUT2D eigenvalue weighted by atomic mass is 35.5. The number of halogens is 2. The van der Waals surface area contributed by atoms with Gasteiger partial charge in [-0.15, -0.1) is 0 Å². The molecule has 1 atom stereocenters. The van der Waals surface area contributed by atoms with Crippen LogP contribution >= 0.6 is 23.2 Å². The van der Waals surface area contributed by atoms with E-state index in [4.69, 9.17) is 27.9 Å². The molecule has 0 radical (unpaired) electrons. The molecule has 2 aromatic rings. The third kappa shape index (κ3) is 5.56. The van der Waals surface area contributed by atoms with Gasteiger partial charge < -0.3 is 4.74 Å². The fourth-order valence-electron chi connectivity index (χ4n) is 2.45. The van der Waals surface area contributed by atoms with Gasteiger partial charge in [-0.05, 0) is 44.4 Å². The number of carbonyl (C=O) groups excluding carboxylic acids is 1. The van der Waals surface area contributed by atoms with Gasteiger partial charge >= 0.3 is 11.7 Å². The predicted octanol–water partition coefficient (Wildman–Crippen LogP) is 3.84. The van der Waals surface area contributed by atoms with Crippen LogP contribution in [0.3, 0.4) is 0 Å². The number of allylic oxidation sites excluding steroid dienone is 2. The molecule has 0 saturated carbocycles. The van der Waals surface area contributed by atoms with Crippen molar-refractivity contribution in [2.45, 2.75) is 38.8 Å². The molecule has 1 aromatic carbocycles. The zero-order chi connectivity index (χ0) is 20.7. The summed E-state index contributed by atoms with van der Waals surface area (Å²) in [7, 11) is 1.33. The summed E-state index contributed by atoms with van der Waals surface area (Å²) in [6.45, 7) is 3.73. The number of hydrogen-bond acceptors (Lipinski definition) is 6. The highest BCUT2D eigenvalue weighted by molar-refractivity contribution is 6.42. The van der Waals surface area contributed by atoms with Crippen LogP contribution in [-0.2, 0) is 16.1 Å². The molecule has 0 N–H and O–H groups in total. The Kier molecular flexibility index (Phi) is 7.60. The molecule has 150 valence electrons. The van der Waals surface area contributed by atoms with Crippen molar-refractivity contribution < 1.29 is 14.1 Å². The van der Waals surface area contributed by atoms with Crippen molar-refractivity contribution >= 4 is 35.4 Å². The van der Waals surface area contributed by atoms with Crippen molar-refractivity contribution in [3.63, 3.8) is 0 Å². The highest BCUT2D eigenvalue weighted by Gasteiger charge is 2.32. The molecule has 0 fully saturated rings. The van der Waals surface area contributed by atoms with Crippen molar-refractivity contribution in [2.75, 3.05) is 7.11 Å². The zero-order valence-corrected chi connectivity index (χ0v) is 17.3. The smallest absolute Gasteiger partial charge is 0.441 e. The maximum Gasteiger partial charge on any atom is 0.441 e. The van der Waals surface area contributed by atoms with E-state index in [0.717, 1.165) is 5.56 Å². The van der Waals surface area contributed by atoms with Gasteiger partial charge in [0.15, 0.2) is 11.4 Å². The van der Waals surface area contributed by atoms with Gasteiger partial charge in [-0.3, -0.25) is 14.1 Å². The summed E-state index contributed by atoms with van der Waals surface area (Å²) in [6.07, 6.45) is 6.23. The minimum Gasteiger partial charge on any atom is -0.467 e. The van der Waals surface area contributed by atoms with E-state index in [1.165, 1.54) is 11.7 Å². The quantitative estimate of drug-likeness (QED) is 0.364. The molecule has 0 saturated heterocycles. The summed E-state index contributed by atoms with van der Waals surface area (Å²) in [5.74, 6) is -0.448. The van der Waals surface area contributed by atoms with Gasteiger partial charge in [0.25, 0.3) is 0 Å². The average Bonchev–Trinajstić information content (AvgIpc) is 2.99. The lowest BCUT2D eigenvalue weighted by Gasteiger charge is -2.21. The van der Waals surface area contributed by atoms with Crippen molar-refractivity contribution in [2.24, 2.45) is 4.99 Å². The van der Waals surface area contributed by atoms with Crippen LogP contribution in [0, 0.1) is 6.92 Å². The fraction of sp³-hybridized carbons (Fsp3) is 0.368. The van der Waals surface area contributed by atoms with E-state index in [2.05, 4.69) is 14.7 Å². The van der Waals surface area contributed by atoms with Crippen LogP contribution in [0.4, 0.5) is 0 Å². The van der Waals surface area contributed by atoms with Gasteiger partial charge in [-0.2, -0.15) is 0 Å². The summed E-state index contributed by atoms with van der Waals surface area (Å²) < 4.78 is 10.9. The van der Waals surface area contributed by atoms with Gasteiger partial charge in [-0.1, -0.05) is 46.6 Å². The number of esters is 1. The molecule has 0 bridgehead atoms. The normalized spacial score (nSPS) is 13.9. The van der Waals surface area contributed by atoms with Crippen molar-refractivity contribution in [3.05, 3.63) is 62.3 Å². The zero-order valence-electron chi connectivity index (χ0n) is 15.8. The highest BCUT2D eigenvalue weighted by Crippen LogP contribution is 2.23. The molecule has 9 heteroatoms. The van der Waals surface area contributed by atoms with Crippen LogP contribution in [0.1, 0.15) is 31.2 Å². The first-order chi connectivity index (χ1) is 13.3. The number of aliphatic imine (C=N–C) groups is 1. The predicted molar refractivity (Wildman–Crippen MR) is 108 cm³/mol. The van der Waals surface area contributed by atoms with Gasteiger partial charge in [0.05, 0.1) is 17.2 Å². The Labute approximate surface area is 172 Å². The van der Waals surface area contributed by atoms with Crippen molar-refractivity contribution in [1.29, 1.82) is 0 Å². The molecule has 1 heterocycles. The Morgan fingerprint density at radius 3 is 2.71 bits per heavy atom. The largest absolute Gasteiger partial charge is 0.467 e. The number of rotatable bonds is 8. The number of aromatic nitrogens is 2. The minimum absolute atomic E-state index is 0.343. The Hall–Kier alpha value is -2.38. The molecule has 0 aliphatic heterocycles. The van der Waals surface area contributed by atoms with E-state index in [9.17, 15) is 9.59 Å². The fourth-order valence-corrected chi connectivity index (χ4v) is 2.76. The molecule has 0 spiro atoms. The Morgan fingerprint density at radius 1 is 1.36 bits per heavy atom. The summed E-state index contributed by atoms with van der Waals surface area (Å²) in [6, 6.07) is 5.09. The van der Waals surface area contributed by atoms with Crippen molar-refractivity contribution in [3.8, 4) is 0 Å². The van der Waals surface area contributed by atoms with Crippen molar-refractivity contribution in [1.82, 2.24) is 9.72 Å². The monoisotopic (exact) mass is 425 g/mol. The van der Waals surface area contributed by atoms with Gasteiger partial charge in [0, 0.05) is 12.8 Å². The molecule has 0 aliphatic rings. The lowest BCUT2D eigenvalue weighted by atomic mass is 9.96. The Balaban J connectivity index is 2.04. The summed E-state index contributed by atoms with van der Waals surface area (Å²) in [5, 5.41) is 4.45. The molecule has 28 heavy (non-hydrogen) atoms. The lowest BCUT2D eigenvalue weighted by molar-refractivity contribution is -0.146. The second kappa shape index (κ2) is 9.71. The molecule has 0 amide bonds. The van der Waals surface area contributed by atoms with E-state index >= 15 is 0 Å². The standard InChI is InChI=1S/C19H21Cl2N3O4/c1-13-23-28-18(26)24(13)10-6-4-5-9-19(2,17(25)27-3)22-12-14-7-8-15(20)16(21)11-14/h4,6-8,11-12H,5,9-10H2,1-3H3/b6-4+,22-12?. The van der Waals surface area contributed by atoms with Gasteiger partial charge in [0.2, 0.25) is 0 Å². The van der Waals surface area contributed by atoms with Crippen LogP contribution in [0.25, 0.3) is 0 Å². The van der Waals surface area contributed by atoms with Crippen LogP contribution in [-0.4, -0.2) is 34.6 Å². The second-order valence-electron chi connectivity index (χ2n) is 6.31. The Morgan fingerprint density at radius 2 is 2.11 bits per heavy atom. The maximum absolute atomic E-state index is 12.2. The SMILES string of the molecule is COC(=O)C(C)(CC/C=C/Cn1c(C)noc1=O)N=Cc1ccc(Cl)c(Cl)c1. The van der Waals surface area contributed by atoms with Gasteiger partial charge in [-0.25, -0.2) is 9.59 Å². The minimum atomic E-state index is -1.06. The van der Waals surface area contributed by atoms with Gasteiger partial charge in [0.1, 0.15) is 0 Å². The molecular formula is C19H21Cl2N3O4. The number of methoxy groups -OCH3 is 1. The van der Waals surface area contributed by atoms with Crippen LogP contribution in [0.2, 0.25) is 10.0 Å². The number of ether oxygens (including phenoxy) is 1. The summed E-state index contributed by atoms with van der Waals surface area (Å²) in [4.78, 5) is 28.1. The lowest BCUT2D eigenvalue weighted by Crippen LogP contribution is -2.34. The maximum atomic E-state index is 12.2. The topological polar surface area (TPSA) is 86.7 Å². The van der Waals surface area contributed by atoms with Crippen LogP contribution in [0.5, 0.6) is 0 Å². The third-order valence-electron chi connectivity index (χ3n) is 4.19. The van der Waals surface area contributed by atoms with E-state index in [1.807, 2.05) is 12.2 Å². The molecular weight excluding hydrogens is 405 g/mol. The molecule has 1 aromatic heterocycles. The third-order valence-corrected chi connectivity index (χ3v) is 4.93. The number of carbonyl (C=O) groups is 1. The van der Waals surface area contributed by atoms with Crippen LogP contribution < -0.4 is 5.76 Å². The van der Waals surface area contributed by atoms with E-state index < -0.39 is 17.3 Å². The number of benzene rings is 1. The van der Waals surface area contributed by atoms with E-state index in [0.29, 0.717) is 35.3 Å². The first kappa shape index (κ1) is 21.9. The van der Waals surface area contributed by atoms with E-state index in [1.54, 1.807) is 38.3 Å². The molecule has 1 unspecified atom stereocenters. The number of aryl methyl sites for hydroxylation is 1. The first-order valence-corrected chi connectivity index (χ1v) is 9.29.